The normalized spacial score (nSPS) is 22.7. The Bertz CT molecular complexity index is 1450. The van der Waals surface area contributed by atoms with Crippen molar-refractivity contribution in [3.8, 4) is 0 Å². The number of hydrogen-bond donors (Lipinski definition) is 3. The van der Waals surface area contributed by atoms with Gasteiger partial charge >= 0.3 is 0 Å². The lowest BCUT2D eigenvalue weighted by Crippen LogP contribution is -2.57. The summed E-state index contributed by atoms with van der Waals surface area (Å²) in [6.45, 7) is 5.84. The molecule has 2 unspecified atom stereocenters. The quantitative estimate of drug-likeness (QED) is 0.299. The molecule has 2 saturated heterocycles. The average molecular weight is 646 g/mol. The molecule has 1 aliphatic carbocycles. The van der Waals surface area contributed by atoms with Gasteiger partial charge in [-0.15, -0.1) is 0 Å². The average Bonchev–Trinajstić information content (AvgIpc) is 3.55. The van der Waals surface area contributed by atoms with Crippen LogP contribution in [0.25, 0.3) is 10.8 Å². The standard InChI is InChI=1S/C37H51N5O5/c1-3-24(2)32(33(43)34(38)44)40-36(46)31-22-29(41-18-10-5-11-19-41)23-42(31)37(47)30(20-25-12-6-4-7-13-25)39-35(45)28-17-16-26-14-8-9-15-27(26)21-28/h8-9,14-17,21,24-25,29-32H,3-7,10-13,18-20,22-23H2,1-2H3,(H2,38,44)(H,39,45)(H,40,46)/t24?,29-,30-,31+,32?/m1/s1. The highest BCUT2D eigenvalue weighted by atomic mass is 16.2. The fraction of sp³-hybridized carbons (Fsp3) is 0.595. The molecule has 5 rings (SSSR count). The third-order valence-electron chi connectivity index (χ3n) is 10.7. The topological polar surface area (TPSA) is 142 Å². The summed E-state index contributed by atoms with van der Waals surface area (Å²) in [4.78, 5) is 71.0. The summed E-state index contributed by atoms with van der Waals surface area (Å²) in [6.07, 6.45) is 10.1. The minimum Gasteiger partial charge on any atom is -0.363 e. The van der Waals surface area contributed by atoms with Crippen molar-refractivity contribution in [3.05, 3.63) is 48.0 Å². The zero-order chi connectivity index (χ0) is 33.5. The van der Waals surface area contributed by atoms with Gasteiger partial charge in [0, 0.05) is 18.2 Å². The van der Waals surface area contributed by atoms with Crippen LogP contribution in [0.15, 0.2) is 42.5 Å². The smallest absolute Gasteiger partial charge is 0.287 e. The Morgan fingerprint density at radius 1 is 0.894 bits per heavy atom. The Morgan fingerprint density at radius 2 is 1.57 bits per heavy atom. The summed E-state index contributed by atoms with van der Waals surface area (Å²) in [5, 5.41) is 7.87. The third-order valence-corrected chi connectivity index (χ3v) is 10.7. The number of Topliss-reactive ketones (excluding diaryl/α,β-unsaturated/α-hetero) is 1. The highest BCUT2D eigenvalue weighted by molar-refractivity contribution is 6.38. The van der Waals surface area contributed by atoms with Crippen molar-refractivity contribution in [1.82, 2.24) is 20.4 Å². The number of ketones is 1. The molecule has 4 amide bonds. The van der Waals surface area contributed by atoms with Crippen molar-refractivity contribution in [2.45, 2.75) is 109 Å². The summed E-state index contributed by atoms with van der Waals surface area (Å²) >= 11 is 0. The Balaban J connectivity index is 1.42. The maximum Gasteiger partial charge on any atom is 0.287 e. The van der Waals surface area contributed by atoms with Gasteiger partial charge in [0.25, 0.3) is 11.8 Å². The largest absolute Gasteiger partial charge is 0.363 e. The summed E-state index contributed by atoms with van der Waals surface area (Å²) in [5.41, 5.74) is 5.84. The van der Waals surface area contributed by atoms with Crippen LogP contribution in [0.1, 0.15) is 94.8 Å². The van der Waals surface area contributed by atoms with Crippen molar-refractivity contribution in [2.75, 3.05) is 19.6 Å². The van der Waals surface area contributed by atoms with Crippen LogP contribution < -0.4 is 16.4 Å². The van der Waals surface area contributed by atoms with E-state index in [1.807, 2.05) is 43.3 Å². The molecule has 47 heavy (non-hydrogen) atoms. The summed E-state index contributed by atoms with van der Waals surface area (Å²) in [5.74, 6) is -3.01. The maximum absolute atomic E-state index is 14.6. The number of amides is 4. The predicted molar refractivity (Wildman–Crippen MR) is 181 cm³/mol. The highest BCUT2D eigenvalue weighted by Gasteiger charge is 2.45. The molecule has 10 nitrogen and oxygen atoms in total. The SMILES string of the molecule is CCC(C)C(NC(=O)[C@@H]1C[C@@H](N2CCCCC2)CN1C(=O)[C@@H](CC1CCCCC1)NC(=O)c1ccc2ccccc2c1)C(=O)C(N)=O. The number of rotatable bonds is 12. The van der Waals surface area contributed by atoms with Crippen LogP contribution in [0.5, 0.6) is 0 Å². The molecule has 254 valence electrons. The molecule has 2 aromatic rings. The van der Waals surface area contributed by atoms with Gasteiger partial charge in [0.2, 0.25) is 17.6 Å². The number of carbonyl (C=O) groups excluding carboxylic acids is 5. The number of fused-ring (bicyclic) bond motifs is 1. The second-order valence-electron chi connectivity index (χ2n) is 13.9. The second-order valence-corrected chi connectivity index (χ2v) is 13.9. The lowest BCUT2D eigenvalue weighted by atomic mass is 9.84. The molecule has 2 heterocycles. The molecule has 0 radical (unpaired) electrons. The molecule has 4 N–H and O–H groups in total. The van der Waals surface area contributed by atoms with E-state index in [4.69, 9.17) is 5.73 Å². The summed E-state index contributed by atoms with van der Waals surface area (Å²) < 4.78 is 0. The van der Waals surface area contributed by atoms with Crippen LogP contribution in [-0.2, 0) is 19.2 Å². The highest BCUT2D eigenvalue weighted by Crippen LogP contribution is 2.31. The van der Waals surface area contributed by atoms with Crippen LogP contribution in [0.4, 0.5) is 0 Å². The number of primary amides is 1. The van der Waals surface area contributed by atoms with Gasteiger partial charge < -0.3 is 21.3 Å². The Labute approximate surface area is 278 Å². The van der Waals surface area contributed by atoms with Gasteiger partial charge in [0.1, 0.15) is 12.1 Å². The summed E-state index contributed by atoms with van der Waals surface area (Å²) in [7, 11) is 0. The van der Waals surface area contributed by atoms with E-state index < -0.39 is 35.7 Å². The van der Waals surface area contributed by atoms with Gasteiger partial charge in [-0.2, -0.15) is 0 Å². The zero-order valence-electron chi connectivity index (χ0n) is 27.9. The molecule has 2 aliphatic heterocycles. The number of nitrogens with zero attached hydrogens (tertiary/aromatic N) is 2. The number of nitrogens with two attached hydrogens (primary N) is 1. The lowest BCUT2D eigenvalue weighted by molar-refractivity contribution is -0.143. The Hall–Kier alpha value is -3.79. The molecule has 5 atom stereocenters. The van der Waals surface area contributed by atoms with Crippen LogP contribution >= 0.6 is 0 Å². The van der Waals surface area contributed by atoms with Gasteiger partial charge in [-0.3, -0.25) is 28.9 Å². The van der Waals surface area contributed by atoms with Gasteiger partial charge in [-0.05, 0) is 73.5 Å². The number of benzene rings is 2. The van der Waals surface area contributed by atoms with Gasteiger partial charge in [-0.1, -0.05) is 89.1 Å². The number of piperidine rings is 1. The molecule has 0 spiro atoms. The van der Waals surface area contributed by atoms with E-state index in [9.17, 15) is 24.0 Å². The van der Waals surface area contributed by atoms with Crippen molar-refractivity contribution in [2.24, 2.45) is 17.6 Å². The number of likely N-dealkylation sites (tertiary alicyclic amines) is 2. The number of nitrogens with one attached hydrogen (secondary N) is 2. The van der Waals surface area contributed by atoms with E-state index in [0.717, 1.165) is 68.8 Å². The molecule has 1 saturated carbocycles. The minimum atomic E-state index is -1.09. The fourth-order valence-corrected chi connectivity index (χ4v) is 7.71. The van der Waals surface area contributed by atoms with Crippen LogP contribution in [0.3, 0.4) is 0 Å². The predicted octanol–water partition coefficient (Wildman–Crippen LogP) is 3.95. The van der Waals surface area contributed by atoms with Gasteiger partial charge in [0.05, 0.1) is 6.04 Å². The molecular weight excluding hydrogens is 594 g/mol. The first-order chi connectivity index (χ1) is 22.7. The zero-order valence-corrected chi connectivity index (χ0v) is 27.9. The van der Waals surface area contributed by atoms with Gasteiger partial charge in [-0.25, -0.2) is 0 Å². The van der Waals surface area contributed by atoms with E-state index in [2.05, 4.69) is 15.5 Å². The van der Waals surface area contributed by atoms with Gasteiger partial charge in [0.15, 0.2) is 0 Å². The molecular formula is C37H51N5O5. The first-order valence-corrected chi connectivity index (χ1v) is 17.6. The first-order valence-electron chi connectivity index (χ1n) is 17.6. The number of hydrogen-bond acceptors (Lipinski definition) is 6. The molecule has 3 fully saturated rings. The molecule has 0 bridgehead atoms. The van der Waals surface area contributed by atoms with E-state index >= 15 is 0 Å². The van der Waals surface area contributed by atoms with E-state index in [1.54, 1.807) is 17.9 Å². The minimum absolute atomic E-state index is 0.0181. The molecule has 0 aromatic heterocycles. The van der Waals surface area contributed by atoms with Crippen molar-refractivity contribution < 1.29 is 24.0 Å². The molecule has 3 aliphatic rings. The van der Waals surface area contributed by atoms with Crippen molar-refractivity contribution >= 4 is 40.2 Å². The van der Waals surface area contributed by atoms with Crippen molar-refractivity contribution in [3.63, 3.8) is 0 Å². The first kappa shape index (κ1) is 34.5. The van der Waals surface area contributed by atoms with E-state index in [-0.39, 0.29) is 23.8 Å². The molecule has 10 heteroatoms. The lowest BCUT2D eigenvalue weighted by Gasteiger charge is -2.33. The third kappa shape index (κ3) is 8.39. The Morgan fingerprint density at radius 3 is 2.26 bits per heavy atom. The van der Waals surface area contributed by atoms with E-state index in [1.165, 1.54) is 6.42 Å². The molecule has 2 aromatic carbocycles. The van der Waals surface area contributed by atoms with Crippen molar-refractivity contribution in [1.29, 1.82) is 0 Å². The maximum atomic E-state index is 14.6. The fourth-order valence-electron chi connectivity index (χ4n) is 7.71. The van der Waals surface area contributed by atoms with Crippen LogP contribution in [0.2, 0.25) is 0 Å². The monoisotopic (exact) mass is 645 g/mol. The van der Waals surface area contributed by atoms with E-state index in [0.29, 0.717) is 37.3 Å². The van der Waals surface area contributed by atoms with Crippen LogP contribution in [0, 0.1) is 11.8 Å². The summed E-state index contributed by atoms with van der Waals surface area (Å²) in [6, 6.07) is 10.6. The second kappa shape index (κ2) is 15.9. The Kier molecular flexibility index (Phi) is 11.7. The van der Waals surface area contributed by atoms with Crippen LogP contribution in [-0.4, -0.2) is 83.0 Å². The number of carbonyl (C=O) groups is 5.